The van der Waals surface area contributed by atoms with Gasteiger partial charge in [0.25, 0.3) is 0 Å². The van der Waals surface area contributed by atoms with Crippen LogP contribution in [0.25, 0.3) is 0 Å². The Morgan fingerprint density at radius 1 is 1.26 bits per heavy atom. The van der Waals surface area contributed by atoms with E-state index in [9.17, 15) is 14.7 Å². The summed E-state index contributed by atoms with van der Waals surface area (Å²) in [5.41, 5.74) is -0.279. The van der Waals surface area contributed by atoms with Gasteiger partial charge in [0.2, 0.25) is 0 Å². The number of hydrogen-bond acceptors (Lipinski definition) is 7. The molecule has 0 fully saturated rings. The number of benzene rings is 2. The quantitative estimate of drug-likeness (QED) is 0.443. The molecule has 0 bridgehead atoms. The second kappa shape index (κ2) is 9.62. The SMILES string of the molecule is COc1c(C(O)CC(C)C)ccc2c1C(=O)OCc1c(F)c(C)cc(OC(=O)C(C)(C)C)c1O2. The Morgan fingerprint density at radius 3 is 2.53 bits per heavy atom. The maximum Gasteiger partial charge on any atom is 0.346 e. The lowest BCUT2D eigenvalue weighted by Crippen LogP contribution is -2.26. The van der Waals surface area contributed by atoms with Crippen molar-refractivity contribution < 1.29 is 38.0 Å². The summed E-state index contributed by atoms with van der Waals surface area (Å²) in [7, 11) is 1.38. The molecule has 184 valence electrons. The van der Waals surface area contributed by atoms with Gasteiger partial charge in [0.1, 0.15) is 29.5 Å². The fourth-order valence-electron chi connectivity index (χ4n) is 3.62. The second-order valence-corrected chi connectivity index (χ2v) is 9.84. The van der Waals surface area contributed by atoms with Gasteiger partial charge >= 0.3 is 11.9 Å². The molecule has 0 radical (unpaired) electrons. The van der Waals surface area contributed by atoms with Gasteiger partial charge in [-0.3, -0.25) is 4.79 Å². The lowest BCUT2D eigenvalue weighted by molar-refractivity contribution is -0.143. The molecule has 0 spiro atoms. The highest BCUT2D eigenvalue weighted by Gasteiger charge is 2.33. The van der Waals surface area contributed by atoms with Crippen molar-refractivity contribution in [3.8, 4) is 23.0 Å². The maximum atomic E-state index is 15.0. The average molecular weight is 475 g/mol. The summed E-state index contributed by atoms with van der Waals surface area (Å²) in [6, 6.07) is 4.45. The van der Waals surface area contributed by atoms with Crippen LogP contribution in [0.3, 0.4) is 0 Å². The Labute approximate surface area is 198 Å². The number of methoxy groups -OCH3 is 1. The van der Waals surface area contributed by atoms with Crippen LogP contribution in [0.2, 0.25) is 0 Å². The second-order valence-electron chi connectivity index (χ2n) is 9.84. The summed E-state index contributed by atoms with van der Waals surface area (Å²) in [5.74, 6) is -1.66. The summed E-state index contributed by atoms with van der Waals surface area (Å²) >= 11 is 0. The molecule has 0 saturated heterocycles. The molecule has 0 amide bonds. The van der Waals surface area contributed by atoms with Crippen LogP contribution in [0.1, 0.15) is 74.2 Å². The van der Waals surface area contributed by atoms with Gasteiger partial charge in [-0.2, -0.15) is 0 Å². The largest absolute Gasteiger partial charge is 0.495 e. The lowest BCUT2D eigenvalue weighted by Gasteiger charge is -2.25. The molecule has 1 atom stereocenters. The van der Waals surface area contributed by atoms with Crippen molar-refractivity contribution in [2.75, 3.05) is 7.11 Å². The zero-order valence-electron chi connectivity index (χ0n) is 20.6. The van der Waals surface area contributed by atoms with Gasteiger partial charge in [-0.05, 0) is 63.8 Å². The molecule has 1 aliphatic heterocycles. The van der Waals surface area contributed by atoms with Gasteiger partial charge in [0.15, 0.2) is 11.5 Å². The first-order chi connectivity index (χ1) is 15.8. The summed E-state index contributed by atoms with van der Waals surface area (Å²) in [6.45, 7) is 10.1. The molecular weight excluding hydrogens is 443 g/mol. The Hall–Kier alpha value is -3.13. The number of hydrogen-bond donors (Lipinski definition) is 1. The molecule has 0 saturated carbocycles. The molecule has 2 aromatic carbocycles. The number of aliphatic hydroxyl groups is 1. The summed E-state index contributed by atoms with van der Waals surface area (Å²) in [6.07, 6.45) is -0.431. The number of aliphatic hydroxyl groups excluding tert-OH is 1. The predicted molar refractivity (Wildman–Crippen MR) is 123 cm³/mol. The van der Waals surface area contributed by atoms with E-state index < -0.39 is 35.9 Å². The molecule has 1 unspecified atom stereocenters. The average Bonchev–Trinajstić information content (AvgIpc) is 2.73. The fraction of sp³-hybridized carbons (Fsp3) is 0.462. The van der Waals surface area contributed by atoms with E-state index in [0.717, 1.165) is 0 Å². The van der Waals surface area contributed by atoms with Crippen molar-refractivity contribution >= 4 is 11.9 Å². The first kappa shape index (κ1) is 25.5. The Kier molecular flexibility index (Phi) is 7.21. The standard InChI is InChI=1S/C26H31FO7/c1-13(2)10-17(28)15-8-9-18-20(23(15)31-7)24(29)32-12-16-21(27)14(3)11-19(22(16)33-18)34-25(30)26(4,5)6/h8-9,11,13,17,28H,10,12H2,1-7H3. The van der Waals surface area contributed by atoms with E-state index in [4.69, 9.17) is 18.9 Å². The number of carbonyl (C=O) groups is 2. The molecule has 1 N–H and O–H groups in total. The van der Waals surface area contributed by atoms with Crippen LogP contribution in [0.5, 0.6) is 23.0 Å². The molecule has 2 aromatic rings. The number of halogens is 1. The molecule has 7 nitrogen and oxygen atoms in total. The number of fused-ring (bicyclic) bond motifs is 2. The minimum atomic E-state index is -0.880. The van der Waals surface area contributed by atoms with Crippen LogP contribution in [-0.2, 0) is 16.1 Å². The van der Waals surface area contributed by atoms with E-state index in [-0.39, 0.29) is 45.6 Å². The topological polar surface area (TPSA) is 91.3 Å². The lowest BCUT2D eigenvalue weighted by atomic mass is 9.96. The van der Waals surface area contributed by atoms with E-state index in [1.165, 1.54) is 26.2 Å². The third-order valence-electron chi connectivity index (χ3n) is 5.44. The van der Waals surface area contributed by atoms with Crippen molar-refractivity contribution in [3.63, 3.8) is 0 Å². The Morgan fingerprint density at radius 2 is 1.94 bits per heavy atom. The Balaban J connectivity index is 2.18. The number of cyclic esters (lactones) is 1. The molecule has 1 heterocycles. The van der Waals surface area contributed by atoms with Crippen LogP contribution in [0.4, 0.5) is 4.39 Å². The van der Waals surface area contributed by atoms with Gasteiger partial charge in [0, 0.05) is 5.56 Å². The van der Waals surface area contributed by atoms with E-state index in [1.54, 1.807) is 26.8 Å². The van der Waals surface area contributed by atoms with Crippen molar-refractivity contribution in [1.29, 1.82) is 0 Å². The summed E-state index contributed by atoms with van der Waals surface area (Å²) < 4.78 is 37.5. The monoisotopic (exact) mass is 474 g/mol. The number of carbonyl (C=O) groups excluding carboxylic acids is 2. The third-order valence-corrected chi connectivity index (χ3v) is 5.44. The van der Waals surface area contributed by atoms with E-state index >= 15 is 4.39 Å². The molecule has 1 aliphatic rings. The van der Waals surface area contributed by atoms with Gasteiger partial charge < -0.3 is 24.1 Å². The molecular formula is C26H31FO7. The van der Waals surface area contributed by atoms with Gasteiger partial charge in [-0.25, -0.2) is 9.18 Å². The van der Waals surface area contributed by atoms with Crippen molar-refractivity contribution in [2.45, 2.75) is 60.7 Å². The fourth-order valence-corrected chi connectivity index (χ4v) is 3.62. The molecule has 3 rings (SSSR count). The highest BCUT2D eigenvalue weighted by molar-refractivity contribution is 5.97. The minimum Gasteiger partial charge on any atom is -0.495 e. The van der Waals surface area contributed by atoms with Crippen LogP contribution >= 0.6 is 0 Å². The molecule has 0 aromatic heterocycles. The van der Waals surface area contributed by atoms with Crippen molar-refractivity contribution in [1.82, 2.24) is 0 Å². The van der Waals surface area contributed by atoms with Crippen LogP contribution in [-0.4, -0.2) is 24.2 Å². The van der Waals surface area contributed by atoms with E-state index in [2.05, 4.69) is 0 Å². The normalized spacial score (nSPS) is 14.2. The third kappa shape index (κ3) is 5.01. The van der Waals surface area contributed by atoms with Crippen LogP contribution in [0.15, 0.2) is 18.2 Å². The highest BCUT2D eigenvalue weighted by atomic mass is 19.1. The smallest absolute Gasteiger partial charge is 0.346 e. The zero-order valence-corrected chi connectivity index (χ0v) is 20.6. The van der Waals surface area contributed by atoms with Gasteiger partial charge in [-0.15, -0.1) is 0 Å². The maximum absolute atomic E-state index is 15.0. The molecule has 8 heteroatoms. The van der Waals surface area contributed by atoms with Gasteiger partial charge in [0.05, 0.1) is 24.2 Å². The number of ether oxygens (including phenoxy) is 4. The van der Waals surface area contributed by atoms with E-state index in [1.807, 2.05) is 13.8 Å². The molecule has 0 aliphatic carbocycles. The molecule has 34 heavy (non-hydrogen) atoms. The number of esters is 2. The van der Waals surface area contributed by atoms with Crippen molar-refractivity contribution in [3.05, 3.63) is 46.3 Å². The number of aryl methyl sites for hydroxylation is 1. The van der Waals surface area contributed by atoms with Gasteiger partial charge in [-0.1, -0.05) is 13.8 Å². The summed E-state index contributed by atoms with van der Waals surface area (Å²) in [5, 5.41) is 10.7. The van der Waals surface area contributed by atoms with E-state index in [0.29, 0.717) is 12.0 Å². The highest BCUT2D eigenvalue weighted by Crippen LogP contribution is 2.45. The first-order valence-corrected chi connectivity index (χ1v) is 11.1. The predicted octanol–water partition coefficient (Wildman–Crippen LogP) is 5.64. The first-order valence-electron chi connectivity index (χ1n) is 11.1. The van der Waals surface area contributed by atoms with Crippen LogP contribution < -0.4 is 14.2 Å². The van der Waals surface area contributed by atoms with Crippen LogP contribution in [0, 0.1) is 24.1 Å². The Bertz CT molecular complexity index is 1120. The minimum absolute atomic E-state index is 0.0145. The van der Waals surface area contributed by atoms with Crippen molar-refractivity contribution in [2.24, 2.45) is 11.3 Å². The summed E-state index contributed by atoms with van der Waals surface area (Å²) in [4.78, 5) is 25.5. The zero-order chi connectivity index (χ0) is 25.4. The number of rotatable bonds is 5.